The van der Waals surface area contributed by atoms with Gasteiger partial charge in [-0.15, -0.1) is 0 Å². The van der Waals surface area contributed by atoms with Crippen molar-refractivity contribution in [1.82, 2.24) is 15.5 Å². The molecule has 0 aromatic carbocycles. The normalized spacial score (nSPS) is 26.6. The van der Waals surface area contributed by atoms with Crippen LogP contribution in [0.1, 0.15) is 32.6 Å². The molecule has 2 aliphatic rings. The monoisotopic (exact) mass is 317 g/mol. The fraction of sp³-hybridized carbons (Fsp3) is 0.929. The van der Waals surface area contributed by atoms with Crippen molar-refractivity contribution in [2.75, 3.05) is 37.7 Å². The number of urea groups is 1. The van der Waals surface area contributed by atoms with Gasteiger partial charge in [0.25, 0.3) is 0 Å². The Labute approximate surface area is 127 Å². The molecule has 2 aliphatic heterocycles. The van der Waals surface area contributed by atoms with Crippen LogP contribution >= 0.6 is 0 Å². The molecule has 2 rings (SSSR count). The Morgan fingerprint density at radius 1 is 1.29 bits per heavy atom. The SMILES string of the molecule is CC[C@H](CNC(=O)NC[C@@H]1CCS(=O)(=O)C1)N1CCCC1. The van der Waals surface area contributed by atoms with E-state index >= 15 is 0 Å². The van der Waals surface area contributed by atoms with E-state index in [1.165, 1.54) is 12.8 Å². The van der Waals surface area contributed by atoms with Gasteiger partial charge in [0.05, 0.1) is 11.5 Å². The molecule has 0 unspecified atom stereocenters. The van der Waals surface area contributed by atoms with E-state index in [4.69, 9.17) is 0 Å². The van der Waals surface area contributed by atoms with Gasteiger partial charge in [0.1, 0.15) is 0 Å². The summed E-state index contributed by atoms with van der Waals surface area (Å²) < 4.78 is 22.7. The number of carbonyl (C=O) groups is 1. The average Bonchev–Trinajstić information content (AvgIpc) is 3.07. The number of nitrogens with one attached hydrogen (secondary N) is 2. The van der Waals surface area contributed by atoms with Crippen LogP contribution in [-0.2, 0) is 9.84 Å². The van der Waals surface area contributed by atoms with Gasteiger partial charge in [-0.2, -0.15) is 0 Å². The summed E-state index contributed by atoms with van der Waals surface area (Å²) >= 11 is 0. The van der Waals surface area contributed by atoms with Crippen LogP contribution in [0, 0.1) is 5.92 Å². The molecule has 2 saturated heterocycles. The summed E-state index contributed by atoms with van der Waals surface area (Å²) in [6.07, 6.45) is 4.19. The molecule has 0 spiro atoms. The van der Waals surface area contributed by atoms with Crippen LogP contribution < -0.4 is 10.6 Å². The number of nitrogens with zero attached hydrogens (tertiary/aromatic N) is 1. The fourth-order valence-corrected chi connectivity index (χ4v) is 5.04. The van der Waals surface area contributed by atoms with Crippen LogP contribution in [0.25, 0.3) is 0 Å². The Kier molecular flexibility index (Phi) is 5.87. The third-order valence-electron chi connectivity index (χ3n) is 4.50. The van der Waals surface area contributed by atoms with Crippen LogP contribution in [-0.4, -0.2) is 63.1 Å². The number of sulfone groups is 1. The second-order valence-electron chi connectivity index (χ2n) is 6.17. The Morgan fingerprint density at radius 3 is 2.57 bits per heavy atom. The van der Waals surface area contributed by atoms with Gasteiger partial charge in [-0.25, -0.2) is 13.2 Å². The van der Waals surface area contributed by atoms with E-state index < -0.39 is 9.84 Å². The quantitative estimate of drug-likeness (QED) is 0.752. The molecule has 2 N–H and O–H groups in total. The molecule has 0 saturated carbocycles. The van der Waals surface area contributed by atoms with Crippen molar-refractivity contribution in [3.63, 3.8) is 0 Å². The zero-order valence-corrected chi connectivity index (χ0v) is 13.6. The van der Waals surface area contributed by atoms with Crippen molar-refractivity contribution in [2.45, 2.75) is 38.6 Å². The number of hydrogen-bond acceptors (Lipinski definition) is 4. The lowest BCUT2D eigenvalue weighted by molar-refractivity contribution is 0.215. The summed E-state index contributed by atoms with van der Waals surface area (Å²) in [4.78, 5) is 14.2. The van der Waals surface area contributed by atoms with E-state index in [1.54, 1.807) is 0 Å². The van der Waals surface area contributed by atoms with E-state index in [2.05, 4.69) is 22.5 Å². The molecule has 0 bridgehead atoms. The van der Waals surface area contributed by atoms with Crippen LogP contribution in [0.5, 0.6) is 0 Å². The minimum atomic E-state index is -2.86. The van der Waals surface area contributed by atoms with Crippen LogP contribution in [0.3, 0.4) is 0 Å². The third kappa shape index (κ3) is 5.14. The molecule has 2 heterocycles. The van der Waals surface area contributed by atoms with Gasteiger partial charge in [0.15, 0.2) is 9.84 Å². The first-order valence-corrected chi connectivity index (χ1v) is 9.78. The predicted octanol–water partition coefficient (Wildman–Crippen LogP) is 0.595. The first kappa shape index (κ1) is 16.5. The van der Waals surface area contributed by atoms with E-state index in [1.807, 2.05) is 0 Å². The lowest BCUT2D eigenvalue weighted by Crippen LogP contribution is -2.46. The maximum absolute atomic E-state index is 11.8. The summed E-state index contributed by atoms with van der Waals surface area (Å²) in [6.45, 7) is 5.51. The number of hydrogen-bond donors (Lipinski definition) is 2. The number of likely N-dealkylation sites (tertiary alicyclic amines) is 1. The van der Waals surface area contributed by atoms with Crippen LogP contribution in [0.2, 0.25) is 0 Å². The average molecular weight is 317 g/mol. The van der Waals surface area contributed by atoms with Gasteiger partial charge < -0.3 is 10.6 Å². The number of rotatable bonds is 6. The maximum atomic E-state index is 11.8. The topological polar surface area (TPSA) is 78.5 Å². The van der Waals surface area contributed by atoms with Crippen LogP contribution in [0.15, 0.2) is 0 Å². The van der Waals surface area contributed by atoms with Crippen molar-refractivity contribution in [3.05, 3.63) is 0 Å². The molecule has 2 atom stereocenters. The number of carbonyl (C=O) groups excluding carboxylic acids is 1. The number of amides is 2. The van der Waals surface area contributed by atoms with Crippen molar-refractivity contribution in [3.8, 4) is 0 Å². The third-order valence-corrected chi connectivity index (χ3v) is 6.34. The highest BCUT2D eigenvalue weighted by Crippen LogP contribution is 2.17. The zero-order chi connectivity index (χ0) is 15.3. The van der Waals surface area contributed by atoms with E-state index in [9.17, 15) is 13.2 Å². The summed E-state index contributed by atoms with van der Waals surface area (Å²) in [7, 11) is -2.86. The van der Waals surface area contributed by atoms with Gasteiger partial charge in [-0.3, -0.25) is 4.90 Å². The van der Waals surface area contributed by atoms with E-state index in [-0.39, 0.29) is 23.5 Å². The first-order chi connectivity index (χ1) is 10.00. The predicted molar refractivity (Wildman–Crippen MR) is 83.0 cm³/mol. The van der Waals surface area contributed by atoms with Crippen molar-refractivity contribution >= 4 is 15.9 Å². The highest BCUT2D eigenvalue weighted by Gasteiger charge is 2.28. The summed E-state index contributed by atoms with van der Waals surface area (Å²) in [5.41, 5.74) is 0. The van der Waals surface area contributed by atoms with Gasteiger partial charge >= 0.3 is 6.03 Å². The maximum Gasteiger partial charge on any atom is 0.314 e. The molecule has 21 heavy (non-hydrogen) atoms. The Bertz CT molecular complexity index is 446. The minimum absolute atomic E-state index is 0.0707. The van der Waals surface area contributed by atoms with E-state index in [0.29, 0.717) is 25.6 Å². The first-order valence-electron chi connectivity index (χ1n) is 7.96. The Hall–Kier alpha value is -0.820. The second kappa shape index (κ2) is 7.45. The smallest absolute Gasteiger partial charge is 0.314 e. The molecule has 0 aromatic heterocycles. The lowest BCUT2D eigenvalue weighted by Gasteiger charge is -2.26. The summed E-state index contributed by atoms with van der Waals surface area (Å²) in [6, 6.07) is 0.224. The molecule has 0 aromatic rings. The minimum Gasteiger partial charge on any atom is -0.338 e. The van der Waals surface area contributed by atoms with Gasteiger partial charge in [-0.05, 0) is 44.7 Å². The standard InChI is InChI=1S/C14H27N3O3S/c1-2-13(17-6-3-4-7-17)10-16-14(18)15-9-12-5-8-21(19,20)11-12/h12-13H,2-11H2,1H3,(H2,15,16,18)/t12-,13+/m0/s1. The molecular weight excluding hydrogens is 290 g/mol. The van der Waals surface area contributed by atoms with Crippen molar-refractivity contribution < 1.29 is 13.2 Å². The molecule has 6 nitrogen and oxygen atoms in total. The highest BCUT2D eigenvalue weighted by atomic mass is 32.2. The Morgan fingerprint density at radius 2 is 2.00 bits per heavy atom. The molecule has 122 valence electrons. The lowest BCUT2D eigenvalue weighted by atomic mass is 10.1. The van der Waals surface area contributed by atoms with Gasteiger partial charge in [0.2, 0.25) is 0 Å². The van der Waals surface area contributed by atoms with Gasteiger partial charge in [0, 0.05) is 19.1 Å². The molecule has 0 radical (unpaired) electrons. The zero-order valence-electron chi connectivity index (χ0n) is 12.8. The summed E-state index contributed by atoms with van der Waals surface area (Å²) in [5.74, 6) is 0.535. The molecule has 7 heteroatoms. The van der Waals surface area contributed by atoms with Crippen molar-refractivity contribution in [1.29, 1.82) is 0 Å². The molecule has 2 amide bonds. The second-order valence-corrected chi connectivity index (χ2v) is 8.39. The van der Waals surface area contributed by atoms with E-state index in [0.717, 1.165) is 19.5 Å². The molecular formula is C14H27N3O3S. The summed E-state index contributed by atoms with van der Waals surface area (Å²) in [5, 5.41) is 5.71. The highest BCUT2D eigenvalue weighted by molar-refractivity contribution is 7.91. The largest absolute Gasteiger partial charge is 0.338 e. The van der Waals surface area contributed by atoms with Crippen molar-refractivity contribution in [2.24, 2.45) is 5.92 Å². The fourth-order valence-electron chi connectivity index (χ4n) is 3.18. The molecule has 0 aliphatic carbocycles. The van der Waals surface area contributed by atoms with Crippen LogP contribution in [0.4, 0.5) is 4.79 Å². The molecule has 2 fully saturated rings. The van der Waals surface area contributed by atoms with Gasteiger partial charge in [-0.1, -0.05) is 6.92 Å². The Balaban J connectivity index is 1.65.